The van der Waals surface area contributed by atoms with Crippen LogP contribution in [0.5, 0.6) is 0 Å². The molecule has 2 nitrogen and oxygen atoms in total. The molecule has 1 heterocycles. The first-order chi connectivity index (χ1) is 14.5. The molecule has 0 saturated carbocycles. The summed E-state index contributed by atoms with van der Waals surface area (Å²) in [6.07, 6.45) is 5.88. The van der Waals surface area contributed by atoms with Gasteiger partial charge < -0.3 is 0 Å². The minimum atomic E-state index is -0.450. The van der Waals surface area contributed by atoms with E-state index in [4.69, 9.17) is 0 Å². The lowest BCUT2D eigenvalue weighted by Gasteiger charge is -2.05. The highest BCUT2D eigenvalue weighted by molar-refractivity contribution is 5.99. The third-order valence-electron chi connectivity index (χ3n) is 4.77. The van der Waals surface area contributed by atoms with E-state index >= 15 is 0 Å². The van der Waals surface area contributed by atoms with Gasteiger partial charge in [-0.15, -0.1) is 0 Å². The Morgan fingerprint density at radius 2 is 1.83 bits per heavy atom. The predicted molar refractivity (Wildman–Crippen MR) is 119 cm³/mol. The Labute approximate surface area is 177 Å². The maximum absolute atomic E-state index is 12.9. The Balaban J connectivity index is 1.72. The van der Waals surface area contributed by atoms with Crippen LogP contribution >= 0.6 is 0 Å². The van der Waals surface area contributed by atoms with Crippen LogP contribution in [0, 0.1) is 24.7 Å². The molecule has 2 aromatic carbocycles. The van der Waals surface area contributed by atoms with Crippen molar-refractivity contribution in [1.82, 2.24) is 4.98 Å². The number of carbonyl (C=O) groups excluding carboxylic acids is 1. The molecule has 0 amide bonds. The monoisotopic (exact) mass is 397 g/mol. The van der Waals surface area contributed by atoms with Gasteiger partial charge >= 0.3 is 0 Å². The average Bonchev–Trinajstić information content (AvgIpc) is 2.73. The van der Waals surface area contributed by atoms with Crippen molar-refractivity contribution in [2.24, 2.45) is 0 Å². The van der Waals surface area contributed by atoms with Crippen molar-refractivity contribution < 1.29 is 9.18 Å². The summed E-state index contributed by atoms with van der Waals surface area (Å²) in [5, 5.41) is 0. The van der Waals surface area contributed by atoms with Crippen molar-refractivity contribution in [2.45, 2.75) is 33.1 Å². The maximum Gasteiger partial charge on any atom is 0.212 e. The van der Waals surface area contributed by atoms with Crippen molar-refractivity contribution in [1.29, 1.82) is 0 Å². The van der Waals surface area contributed by atoms with E-state index in [0.717, 1.165) is 47.1 Å². The highest BCUT2D eigenvalue weighted by atomic mass is 19.1. The van der Waals surface area contributed by atoms with Crippen LogP contribution < -0.4 is 0 Å². The number of allylic oxidation sites excluding steroid dienone is 2. The standard InChI is InChI=1S/C27H24FNO/c1-20-7-3-4-12-26(20)25(17-21(2)30)15-13-23-10-5-8-22(18-23)9-6-11-24-14-16-27(28)29-19-24/h3-5,7-8,10,12,14,16-19H,6,9,11H2,1-2H3/b25-17-. The van der Waals surface area contributed by atoms with Gasteiger partial charge in [0.05, 0.1) is 0 Å². The summed E-state index contributed by atoms with van der Waals surface area (Å²) in [5.74, 6) is 5.92. The summed E-state index contributed by atoms with van der Waals surface area (Å²) < 4.78 is 12.9. The minimum Gasteiger partial charge on any atom is -0.295 e. The first kappa shape index (κ1) is 21.2. The third-order valence-corrected chi connectivity index (χ3v) is 4.77. The summed E-state index contributed by atoms with van der Waals surface area (Å²) >= 11 is 0. The van der Waals surface area contributed by atoms with E-state index in [1.165, 1.54) is 18.6 Å². The molecule has 0 saturated heterocycles. The Kier molecular flexibility index (Phi) is 7.29. The van der Waals surface area contributed by atoms with Crippen LogP contribution in [-0.2, 0) is 17.6 Å². The first-order valence-corrected chi connectivity index (χ1v) is 10.0. The number of carbonyl (C=O) groups is 1. The zero-order valence-electron chi connectivity index (χ0n) is 17.3. The lowest BCUT2D eigenvalue weighted by atomic mass is 9.99. The van der Waals surface area contributed by atoms with Gasteiger partial charge in [-0.2, -0.15) is 4.39 Å². The van der Waals surface area contributed by atoms with E-state index in [2.05, 4.69) is 29.0 Å². The molecule has 0 unspecified atom stereocenters. The summed E-state index contributed by atoms with van der Waals surface area (Å²) in [5.41, 5.74) is 5.94. The molecule has 150 valence electrons. The number of rotatable bonds is 6. The van der Waals surface area contributed by atoms with Crippen LogP contribution in [0.4, 0.5) is 4.39 Å². The normalized spacial score (nSPS) is 11.0. The summed E-state index contributed by atoms with van der Waals surface area (Å²) in [6, 6.07) is 19.2. The molecule has 0 atom stereocenters. The van der Waals surface area contributed by atoms with E-state index < -0.39 is 5.95 Å². The van der Waals surface area contributed by atoms with Gasteiger partial charge in [-0.25, -0.2) is 4.98 Å². The van der Waals surface area contributed by atoms with Crippen molar-refractivity contribution in [3.8, 4) is 11.8 Å². The molecule has 30 heavy (non-hydrogen) atoms. The fourth-order valence-electron chi connectivity index (χ4n) is 3.25. The van der Waals surface area contributed by atoms with Gasteiger partial charge in [-0.3, -0.25) is 4.79 Å². The van der Waals surface area contributed by atoms with Crippen LogP contribution in [0.25, 0.3) is 5.57 Å². The third kappa shape index (κ3) is 6.25. The summed E-state index contributed by atoms with van der Waals surface area (Å²) in [6.45, 7) is 3.56. The van der Waals surface area contributed by atoms with Gasteiger partial charge in [0.2, 0.25) is 5.95 Å². The number of halogens is 1. The molecule has 0 bridgehead atoms. The molecule has 1 aromatic heterocycles. The number of benzene rings is 2. The summed E-state index contributed by atoms with van der Waals surface area (Å²) in [7, 11) is 0. The smallest absolute Gasteiger partial charge is 0.212 e. The van der Waals surface area contributed by atoms with Crippen molar-refractivity contribution in [3.63, 3.8) is 0 Å². The fraction of sp³-hybridized carbons (Fsp3) is 0.185. The minimum absolute atomic E-state index is 0.0217. The Morgan fingerprint density at radius 3 is 2.57 bits per heavy atom. The quantitative estimate of drug-likeness (QED) is 0.302. The molecule has 0 spiro atoms. The van der Waals surface area contributed by atoms with Crippen LogP contribution in [0.15, 0.2) is 72.9 Å². The molecule has 0 aliphatic rings. The second kappa shape index (κ2) is 10.3. The van der Waals surface area contributed by atoms with Gasteiger partial charge in [-0.05, 0) is 79.6 Å². The fourth-order valence-corrected chi connectivity index (χ4v) is 3.25. The molecule has 0 N–H and O–H groups in total. The second-order valence-corrected chi connectivity index (χ2v) is 7.28. The predicted octanol–water partition coefficient (Wildman–Crippen LogP) is 5.73. The second-order valence-electron chi connectivity index (χ2n) is 7.28. The molecule has 0 fully saturated rings. The number of aryl methyl sites for hydroxylation is 3. The number of nitrogens with zero attached hydrogens (tertiary/aromatic N) is 1. The zero-order valence-corrected chi connectivity index (χ0v) is 17.3. The highest BCUT2D eigenvalue weighted by Crippen LogP contribution is 2.18. The SMILES string of the molecule is CC(=O)/C=C(/C#Cc1cccc(CCCc2ccc(F)nc2)c1)c1ccccc1C. The number of hydrogen-bond donors (Lipinski definition) is 0. The Hall–Kier alpha value is -3.51. The molecule has 0 radical (unpaired) electrons. The van der Waals surface area contributed by atoms with E-state index in [1.54, 1.807) is 18.3 Å². The average molecular weight is 397 g/mol. The number of pyridine rings is 1. The molecular weight excluding hydrogens is 373 g/mol. The molecular formula is C27H24FNO. The van der Waals surface area contributed by atoms with Gasteiger partial charge in [0.15, 0.2) is 5.78 Å². The van der Waals surface area contributed by atoms with Crippen molar-refractivity contribution >= 4 is 11.4 Å². The number of hydrogen-bond acceptors (Lipinski definition) is 2. The van der Waals surface area contributed by atoms with Gasteiger partial charge in [0.1, 0.15) is 0 Å². The van der Waals surface area contributed by atoms with Gasteiger partial charge in [-0.1, -0.05) is 54.3 Å². The molecule has 3 heteroatoms. The van der Waals surface area contributed by atoms with E-state index in [9.17, 15) is 9.18 Å². The van der Waals surface area contributed by atoms with Gasteiger partial charge in [0.25, 0.3) is 0 Å². The number of ketones is 1. The molecule has 0 aliphatic heterocycles. The number of aromatic nitrogens is 1. The van der Waals surface area contributed by atoms with Crippen LogP contribution in [0.2, 0.25) is 0 Å². The lowest BCUT2D eigenvalue weighted by molar-refractivity contribution is -0.112. The van der Waals surface area contributed by atoms with E-state index in [0.29, 0.717) is 0 Å². The van der Waals surface area contributed by atoms with Crippen molar-refractivity contribution in [3.05, 3.63) is 107 Å². The Bertz CT molecular complexity index is 1120. The highest BCUT2D eigenvalue weighted by Gasteiger charge is 2.04. The van der Waals surface area contributed by atoms with Crippen LogP contribution in [0.1, 0.15) is 41.2 Å². The maximum atomic E-state index is 12.9. The summed E-state index contributed by atoms with van der Waals surface area (Å²) in [4.78, 5) is 15.4. The van der Waals surface area contributed by atoms with Crippen molar-refractivity contribution in [2.75, 3.05) is 0 Å². The van der Waals surface area contributed by atoms with E-state index in [-0.39, 0.29) is 5.78 Å². The van der Waals surface area contributed by atoms with Crippen LogP contribution in [-0.4, -0.2) is 10.8 Å². The first-order valence-electron chi connectivity index (χ1n) is 10.0. The zero-order chi connectivity index (χ0) is 21.3. The topological polar surface area (TPSA) is 30.0 Å². The molecule has 0 aliphatic carbocycles. The molecule has 3 rings (SSSR count). The lowest BCUT2D eigenvalue weighted by Crippen LogP contribution is -1.93. The van der Waals surface area contributed by atoms with Crippen LogP contribution in [0.3, 0.4) is 0 Å². The van der Waals surface area contributed by atoms with Gasteiger partial charge in [0, 0.05) is 17.3 Å². The Morgan fingerprint density at radius 1 is 1.03 bits per heavy atom. The largest absolute Gasteiger partial charge is 0.295 e. The molecule has 3 aromatic rings. The van der Waals surface area contributed by atoms with E-state index in [1.807, 2.05) is 43.3 Å².